The summed E-state index contributed by atoms with van der Waals surface area (Å²) in [6, 6.07) is 5.45. The standard InChI is InChI=1S/C20H22N4O3/c25-18-4-3-17(19(26)22-18)24-11-13-5-12(1-2-16(13)20(24)27)8-23-9-14-6-21-7-15(14)10-23/h1-2,5,17,21H,3-4,6-11H2,(H,22,25,26). The molecule has 140 valence electrons. The van der Waals surface area contributed by atoms with Crippen molar-refractivity contribution in [1.82, 2.24) is 20.4 Å². The zero-order valence-electron chi connectivity index (χ0n) is 15.1. The fourth-order valence-corrected chi connectivity index (χ4v) is 4.64. The van der Waals surface area contributed by atoms with Crippen molar-refractivity contribution >= 4 is 17.7 Å². The van der Waals surface area contributed by atoms with E-state index in [2.05, 4.69) is 21.6 Å². The predicted molar refractivity (Wildman–Crippen MR) is 97.7 cm³/mol. The lowest BCUT2D eigenvalue weighted by Gasteiger charge is -2.29. The molecule has 1 fully saturated rings. The van der Waals surface area contributed by atoms with E-state index in [1.165, 1.54) is 16.7 Å². The predicted octanol–water partition coefficient (Wildman–Crippen LogP) is 0.163. The average molecular weight is 366 g/mol. The Balaban J connectivity index is 1.29. The first-order valence-electron chi connectivity index (χ1n) is 9.48. The van der Waals surface area contributed by atoms with Gasteiger partial charge in [0.25, 0.3) is 5.91 Å². The zero-order chi connectivity index (χ0) is 18.5. The fourth-order valence-electron chi connectivity index (χ4n) is 4.64. The molecule has 0 aromatic heterocycles. The summed E-state index contributed by atoms with van der Waals surface area (Å²) in [4.78, 5) is 40.3. The first-order chi connectivity index (χ1) is 13.1. The van der Waals surface area contributed by atoms with Crippen LogP contribution in [0.15, 0.2) is 29.3 Å². The van der Waals surface area contributed by atoms with E-state index in [9.17, 15) is 14.4 Å². The molecule has 4 heterocycles. The summed E-state index contributed by atoms with van der Waals surface area (Å²) in [6.07, 6.45) is 0.680. The Kier molecular flexibility index (Phi) is 3.87. The molecule has 0 radical (unpaired) electrons. The molecule has 7 heteroatoms. The minimum absolute atomic E-state index is 0.112. The van der Waals surface area contributed by atoms with Crippen molar-refractivity contribution < 1.29 is 14.4 Å². The topological polar surface area (TPSA) is 81.8 Å². The molecule has 1 aromatic rings. The molecule has 27 heavy (non-hydrogen) atoms. The van der Waals surface area contributed by atoms with E-state index < -0.39 is 6.04 Å². The number of fused-ring (bicyclic) bond motifs is 1. The van der Waals surface area contributed by atoms with Gasteiger partial charge in [0, 0.05) is 51.3 Å². The average Bonchev–Trinajstić information content (AvgIpc) is 3.29. The number of nitrogens with one attached hydrogen (secondary N) is 2. The number of rotatable bonds is 3. The van der Waals surface area contributed by atoms with Crippen molar-refractivity contribution in [2.45, 2.75) is 32.0 Å². The van der Waals surface area contributed by atoms with Gasteiger partial charge in [-0.1, -0.05) is 12.1 Å². The highest BCUT2D eigenvalue weighted by Gasteiger charge is 2.39. The molecule has 0 aliphatic carbocycles. The fraction of sp³-hybridized carbons (Fsp3) is 0.450. The molecule has 3 amide bonds. The Hall–Kier alpha value is -2.51. The molecule has 7 nitrogen and oxygen atoms in total. The Morgan fingerprint density at radius 3 is 2.56 bits per heavy atom. The van der Waals surface area contributed by atoms with Crippen molar-refractivity contribution in [2.24, 2.45) is 0 Å². The number of benzene rings is 1. The maximum Gasteiger partial charge on any atom is 0.255 e. The number of carbonyl (C=O) groups excluding carboxylic acids is 3. The highest BCUT2D eigenvalue weighted by atomic mass is 16.2. The Morgan fingerprint density at radius 2 is 1.81 bits per heavy atom. The van der Waals surface area contributed by atoms with Gasteiger partial charge in [-0.3, -0.25) is 24.6 Å². The molecule has 4 aliphatic rings. The monoisotopic (exact) mass is 366 g/mol. The third-order valence-electron chi connectivity index (χ3n) is 6.00. The van der Waals surface area contributed by atoms with Crippen LogP contribution >= 0.6 is 0 Å². The second kappa shape index (κ2) is 6.28. The van der Waals surface area contributed by atoms with Crippen LogP contribution in [-0.2, 0) is 22.7 Å². The van der Waals surface area contributed by atoms with Crippen molar-refractivity contribution in [3.63, 3.8) is 0 Å². The quantitative estimate of drug-likeness (QED) is 0.588. The molecule has 0 spiro atoms. The molecule has 2 N–H and O–H groups in total. The SMILES string of the molecule is O=C1CCC(N2Cc3cc(CN4CC5=C(CNC5)C4)ccc3C2=O)C(=O)N1. The summed E-state index contributed by atoms with van der Waals surface area (Å²) in [5, 5.41) is 5.74. The molecule has 4 aliphatic heterocycles. The van der Waals surface area contributed by atoms with Gasteiger partial charge in [-0.2, -0.15) is 0 Å². The molecule has 0 saturated carbocycles. The third-order valence-corrected chi connectivity index (χ3v) is 6.00. The molecule has 1 atom stereocenters. The minimum atomic E-state index is -0.552. The van der Waals surface area contributed by atoms with Crippen molar-refractivity contribution in [3.8, 4) is 0 Å². The molecule has 1 aromatic carbocycles. The van der Waals surface area contributed by atoms with Gasteiger partial charge in [-0.25, -0.2) is 0 Å². The summed E-state index contributed by atoms with van der Waals surface area (Å²) in [6.45, 7) is 5.35. The van der Waals surface area contributed by atoms with Gasteiger partial charge in [-0.05, 0) is 34.8 Å². The second-order valence-electron chi connectivity index (χ2n) is 7.85. The summed E-state index contributed by atoms with van der Waals surface area (Å²) in [5.74, 6) is -0.734. The van der Waals surface area contributed by atoms with Gasteiger partial charge in [0.1, 0.15) is 6.04 Å². The van der Waals surface area contributed by atoms with Gasteiger partial charge >= 0.3 is 0 Å². The van der Waals surface area contributed by atoms with E-state index in [1.807, 2.05) is 12.1 Å². The highest BCUT2D eigenvalue weighted by Crippen LogP contribution is 2.29. The van der Waals surface area contributed by atoms with E-state index in [0.29, 0.717) is 18.5 Å². The molecule has 0 bridgehead atoms. The van der Waals surface area contributed by atoms with Crippen LogP contribution in [0, 0.1) is 0 Å². The molecule has 5 rings (SSSR count). The number of imide groups is 1. The van der Waals surface area contributed by atoms with Gasteiger partial charge < -0.3 is 10.2 Å². The molecular formula is C20H22N4O3. The smallest absolute Gasteiger partial charge is 0.255 e. The summed E-state index contributed by atoms with van der Waals surface area (Å²) in [7, 11) is 0. The first kappa shape index (κ1) is 16.6. The summed E-state index contributed by atoms with van der Waals surface area (Å²) >= 11 is 0. The van der Waals surface area contributed by atoms with E-state index in [1.54, 1.807) is 4.90 Å². The number of nitrogens with zero attached hydrogens (tertiary/aromatic N) is 2. The summed E-state index contributed by atoms with van der Waals surface area (Å²) in [5.41, 5.74) is 5.89. The number of carbonyl (C=O) groups is 3. The van der Waals surface area contributed by atoms with Crippen LogP contribution in [0.25, 0.3) is 0 Å². The largest absolute Gasteiger partial charge is 0.322 e. The van der Waals surface area contributed by atoms with Crippen LogP contribution in [0.2, 0.25) is 0 Å². The third kappa shape index (κ3) is 2.87. The normalized spacial score (nSPS) is 25.3. The van der Waals surface area contributed by atoms with Gasteiger partial charge in [0.05, 0.1) is 0 Å². The number of hydrogen-bond acceptors (Lipinski definition) is 5. The number of hydrogen-bond donors (Lipinski definition) is 2. The zero-order valence-corrected chi connectivity index (χ0v) is 15.1. The van der Waals surface area contributed by atoms with Gasteiger partial charge in [0.2, 0.25) is 11.8 Å². The van der Waals surface area contributed by atoms with Crippen molar-refractivity contribution in [2.75, 3.05) is 26.2 Å². The maximum atomic E-state index is 12.7. The first-order valence-corrected chi connectivity index (χ1v) is 9.48. The number of amides is 3. The van der Waals surface area contributed by atoms with Crippen LogP contribution in [0.5, 0.6) is 0 Å². The van der Waals surface area contributed by atoms with E-state index >= 15 is 0 Å². The maximum absolute atomic E-state index is 12.7. The molecule has 1 unspecified atom stereocenters. The van der Waals surface area contributed by atoms with E-state index in [0.717, 1.165) is 38.3 Å². The lowest BCUT2D eigenvalue weighted by molar-refractivity contribution is -0.136. The Labute approximate surface area is 157 Å². The van der Waals surface area contributed by atoms with Gasteiger partial charge in [-0.15, -0.1) is 0 Å². The van der Waals surface area contributed by atoms with Crippen molar-refractivity contribution in [3.05, 3.63) is 46.0 Å². The van der Waals surface area contributed by atoms with Crippen LogP contribution < -0.4 is 10.6 Å². The van der Waals surface area contributed by atoms with Crippen LogP contribution in [-0.4, -0.2) is 59.7 Å². The number of piperidine rings is 1. The highest BCUT2D eigenvalue weighted by molar-refractivity contribution is 6.05. The van der Waals surface area contributed by atoms with E-state index in [-0.39, 0.29) is 24.1 Å². The van der Waals surface area contributed by atoms with Crippen molar-refractivity contribution in [1.29, 1.82) is 0 Å². The van der Waals surface area contributed by atoms with Crippen LogP contribution in [0.3, 0.4) is 0 Å². The van der Waals surface area contributed by atoms with Gasteiger partial charge in [0.15, 0.2) is 0 Å². The molecule has 1 saturated heterocycles. The summed E-state index contributed by atoms with van der Waals surface area (Å²) < 4.78 is 0. The van der Waals surface area contributed by atoms with Crippen LogP contribution in [0.1, 0.15) is 34.3 Å². The second-order valence-corrected chi connectivity index (χ2v) is 7.85. The van der Waals surface area contributed by atoms with Crippen LogP contribution in [0.4, 0.5) is 0 Å². The Bertz CT molecular complexity index is 875. The Morgan fingerprint density at radius 1 is 1.04 bits per heavy atom. The minimum Gasteiger partial charge on any atom is -0.322 e. The molecular weight excluding hydrogens is 344 g/mol. The van der Waals surface area contributed by atoms with E-state index in [4.69, 9.17) is 0 Å². The lowest BCUT2D eigenvalue weighted by atomic mass is 10.0. The lowest BCUT2D eigenvalue weighted by Crippen LogP contribution is -2.52.